The number of piperidine rings is 2. The van der Waals surface area contributed by atoms with E-state index in [4.69, 9.17) is 0 Å². The Bertz CT molecular complexity index is 702. The van der Waals surface area contributed by atoms with E-state index in [-0.39, 0.29) is 0 Å². The Kier molecular flexibility index (Phi) is 4.75. The van der Waals surface area contributed by atoms with E-state index in [1.165, 1.54) is 43.5 Å². The maximum Gasteiger partial charge on any atom is 0.155 e. The topological polar surface area (TPSA) is 48.0 Å². The molecule has 0 aliphatic carbocycles. The zero-order valence-electron chi connectivity index (χ0n) is 15.4. The van der Waals surface area contributed by atoms with Crippen LogP contribution in [-0.2, 0) is 0 Å². The summed E-state index contributed by atoms with van der Waals surface area (Å²) in [7, 11) is 0. The molecule has 1 aromatic heterocycles. The number of rotatable bonds is 3. The van der Waals surface area contributed by atoms with Crippen LogP contribution < -0.4 is 4.90 Å². The molecule has 2 aliphatic heterocycles. The largest absolute Gasteiger partial charge is 0.371 e. The first kappa shape index (κ1) is 16.6. The lowest BCUT2D eigenvalue weighted by atomic mass is 9.93. The first-order valence-corrected chi connectivity index (χ1v) is 9.63. The standard InChI is InChI=1S/C20H29N5/c1-15-5-3-7-19(13-15)24-11-8-18(9-12-24)25-10-4-6-17(14-25)20-21-16(2)22-23-20/h3,5,7,13,17-18H,4,6,8-12,14H2,1-2H3,(H,21,22,23). The van der Waals surface area contributed by atoms with Gasteiger partial charge in [-0.15, -0.1) is 0 Å². The van der Waals surface area contributed by atoms with E-state index in [9.17, 15) is 0 Å². The Morgan fingerprint density at radius 1 is 1.08 bits per heavy atom. The average Bonchev–Trinajstić information content (AvgIpc) is 3.08. The lowest BCUT2D eigenvalue weighted by Crippen LogP contribution is -2.48. The predicted octanol–water partition coefficient (Wildman–Crippen LogP) is 3.27. The number of aromatic amines is 1. The van der Waals surface area contributed by atoms with Crippen LogP contribution in [0, 0.1) is 13.8 Å². The fourth-order valence-electron chi connectivity index (χ4n) is 4.41. The normalized spacial score (nSPS) is 23.1. The monoisotopic (exact) mass is 339 g/mol. The van der Waals surface area contributed by atoms with Crippen LogP contribution in [0.25, 0.3) is 0 Å². The number of benzene rings is 1. The van der Waals surface area contributed by atoms with E-state index in [1.807, 2.05) is 6.92 Å². The van der Waals surface area contributed by atoms with E-state index in [1.54, 1.807) is 0 Å². The fraction of sp³-hybridized carbons (Fsp3) is 0.600. The highest BCUT2D eigenvalue weighted by molar-refractivity contribution is 5.48. The van der Waals surface area contributed by atoms with Gasteiger partial charge in [0.25, 0.3) is 0 Å². The van der Waals surface area contributed by atoms with Gasteiger partial charge < -0.3 is 4.90 Å². The zero-order valence-corrected chi connectivity index (χ0v) is 15.4. The van der Waals surface area contributed by atoms with Crippen LogP contribution in [0.15, 0.2) is 24.3 Å². The summed E-state index contributed by atoms with van der Waals surface area (Å²) in [5.74, 6) is 2.44. The van der Waals surface area contributed by atoms with Crippen molar-refractivity contribution in [3.63, 3.8) is 0 Å². The van der Waals surface area contributed by atoms with Crippen molar-refractivity contribution in [2.75, 3.05) is 31.1 Å². The van der Waals surface area contributed by atoms with Gasteiger partial charge in [0.1, 0.15) is 5.82 Å². The molecular weight excluding hydrogens is 310 g/mol. The molecule has 3 heterocycles. The summed E-state index contributed by atoms with van der Waals surface area (Å²) in [5.41, 5.74) is 2.73. The number of hydrogen-bond acceptors (Lipinski definition) is 4. The van der Waals surface area contributed by atoms with Crippen molar-refractivity contribution in [3.8, 4) is 0 Å². The number of nitrogens with one attached hydrogen (secondary N) is 1. The summed E-state index contributed by atoms with van der Waals surface area (Å²) in [4.78, 5) is 9.82. The molecule has 1 atom stereocenters. The second kappa shape index (κ2) is 7.16. The summed E-state index contributed by atoms with van der Waals surface area (Å²) in [5, 5.41) is 7.41. The molecular formula is C20H29N5. The molecule has 0 radical (unpaired) electrons. The van der Waals surface area contributed by atoms with Crippen molar-refractivity contribution in [1.82, 2.24) is 20.1 Å². The van der Waals surface area contributed by atoms with E-state index < -0.39 is 0 Å². The lowest BCUT2D eigenvalue weighted by molar-refractivity contribution is 0.126. The first-order valence-electron chi connectivity index (χ1n) is 9.63. The first-order chi connectivity index (χ1) is 12.2. The van der Waals surface area contributed by atoms with Crippen LogP contribution >= 0.6 is 0 Å². The third-order valence-electron chi connectivity index (χ3n) is 5.78. The van der Waals surface area contributed by atoms with Gasteiger partial charge in [-0.25, -0.2) is 4.98 Å². The highest BCUT2D eigenvalue weighted by Gasteiger charge is 2.30. The van der Waals surface area contributed by atoms with Gasteiger partial charge in [0.05, 0.1) is 0 Å². The number of aryl methyl sites for hydroxylation is 2. The van der Waals surface area contributed by atoms with Crippen molar-refractivity contribution in [2.45, 2.75) is 51.5 Å². The molecule has 2 aliphatic rings. The molecule has 5 heteroatoms. The molecule has 0 amide bonds. The zero-order chi connectivity index (χ0) is 17.2. The van der Waals surface area contributed by atoms with Gasteiger partial charge in [0, 0.05) is 37.3 Å². The van der Waals surface area contributed by atoms with Gasteiger partial charge in [0.15, 0.2) is 5.82 Å². The molecule has 0 saturated carbocycles. The molecule has 2 fully saturated rings. The average molecular weight is 339 g/mol. The highest BCUT2D eigenvalue weighted by Crippen LogP contribution is 2.29. The third kappa shape index (κ3) is 3.71. The number of likely N-dealkylation sites (tertiary alicyclic amines) is 1. The molecule has 0 spiro atoms. The molecule has 1 N–H and O–H groups in total. The molecule has 2 saturated heterocycles. The maximum absolute atomic E-state index is 4.57. The Morgan fingerprint density at radius 3 is 2.64 bits per heavy atom. The molecule has 1 unspecified atom stereocenters. The van der Waals surface area contributed by atoms with Crippen LogP contribution in [0.1, 0.15) is 48.8 Å². The Morgan fingerprint density at radius 2 is 1.92 bits per heavy atom. The smallest absolute Gasteiger partial charge is 0.155 e. The van der Waals surface area contributed by atoms with Gasteiger partial charge in [-0.3, -0.25) is 10.00 Å². The van der Waals surface area contributed by atoms with E-state index in [0.29, 0.717) is 12.0 Å². The van der Waals surface area contributed by atoms with E-state index in [2.05, 4.69) is 56.2 Å². The molecule has 5 nitrogen and oxygen atoms in total. The molecule has 1 aromatic carbocycles. The quantitative estimate of drug-likeness (QED) is 0.932. The Hall–Kier alpha value is -1.88. The van der Waals surface area contributed by atoms with Gasteiger partial charge in [0.2, 0.25) is 0 Å². The third-order valence-corrected chi connectivity index (χ3v) is 5.78. The lowest BCUT2D eigenvalue weighted by Gasteiger charge is -2.42. The SMILES string of the molecule is Cc1cccc(N2CCC(N3CCCC(c4n[nH]c(C)n4)C3)CC2)c1. The number of aromatic nitrogens is 3. The maximum atomic E-state index is 4.57. The minimum Gasteiger partial charge on any atom is -0.371 e. The molecule has 2 aromatic rings. The van der Waals surface area contributed by atoms with E-state index >= 15 is 0 Å². The Labute approximate surface area is 150 Å². The van der Waals surface area contributed by atoms with Gasteiger partial charge in [-0.1, -0.05) is 12.1 Å². The molecule has 4 rings (SSSR count). The molecule has 25 heavy (non-hydrogen) atoms. The van der Waals surface area contributed by atoms with Crippen LogP contribution in [0.5, 0.6) is 0 Å². The summed E-state index contributed by atoms with van der Waals surface area (Å²) >= 11 is 0. The summed E-state index contributed by atoms with van der Waals surface area (Å²) in [6.45, 7) is 8.83. The van der Waals surface area contributed by atoms with Gasteiger partial charge in [-0.05, 0) is 63.8 Å². The van der Waals surface area contributed by atoms with Gasteiger partial charge in [-0.2, -0.15) is 5.10 Å². The second-order valence-corrected chi connectivity index (χ2v) is 7.67. The minimum atomic E-state index is 0.494. The van der Waals surface area contributed by atoms with Crippen molar-refractivity contribution in [3.05, 3.63) is 41.5 Å². The van der Waals surface area contributed by atoms with Crippen LogP contribution in [0.4, 0.5) is 5.69 Å². The predicted molar refractivity (Wildman–Crippen MR) is 101 cm³/mol. The molecule has 134 valence electrons. The minimum absolute atomic E-state index is 0.494. The number of hydrogen-bond donors (Lipinski definition) is 1. The number of H-pyrrole nitrogens is 1. The van der Waals surface area contributed by atoms with Crippen LogP contribution in [-0.4, -0.2) is 52.3 Å². The fourth-order valence-corrected chi connectivity index (χ4v) is 4.41. The number of nitrogens with zero attached hydrogens (tertiary/aromatic N) is 4. The molecule has 0 bridgehead atoms. The Balaban J connectivity index is 1.35. The summed E-state index contributed by atoms with van der Waals surface area (Å²) in [6, 6.07) is 9.61. The van der Waals surface area contributed by atoms with Gasteiger partial charge >= 0.3 is 0 Å². The second-order valence-electron chi connectivity index (χ2n) is 7.67. The van der Waals surface area contributed by atoms with Crippen molar-refractivity contribution >= 4 is 5.69 Å². The van der Waals surface area contributed by atoms with Crippen LogP contribution in [0.3, 0.4) is 0 Å². The van der Waals surface area contributed by atoms with E-state index in [0.717, 1.165) is 31.3 Å². The summed E-state index contributed by atoms with van der Waals surface area (Å²) < 4.78 is 0. The number of anilines is 1. The van der Waals surface area contributed by atoms with Crippen LogP contribution in [0.2, 0.25) is 0 Å². The van der Waals surface area contributed by atoms with Crippen molar-refractivity contribution in [1.29, 1.82) is 0 Å². The van der Waals surface area contributed by atoms with Crippen molar-refractivity contribution in [2.24, 2.45) is 0 Å². The van der Waals surface area contributed by atoms with Crippen molar-refractivity contribution < 1.29 is 0 Å². The summed E-state index contributed by atoms with van der Waals surface area (Å²) in [6.07, 6.45) is 4.99. The highest BCUT2D eigenvalue weighted by atomic mass is 15.2.